The highest BCUT2D eigenvalue weighted by molar-refractivity contribution is 5.94. The topological polar surface area (TPSA) is 74.3 Å². The van der Waals surface area contributed by atoms with E-state index in [0.29, 0.717) is 38.0 Å². The standard InChI is InChI=1S/C31H37FN4O2/c32-24-14-12-23(13-15-24)31(38)36-20-16-22(17-21-36)30(37)34-19-7-1-6-18-33-29-25-8-2-4-10-27(25)35-28-11-5-3-9-26(28)29/h2,4,8,10,12-15,22H,1,3,5-7,9,11,16-21H2,(H,33,35)(H,34,37). The monoisotopic (exact) mass is 516 g/mol. The summed E-state index contributed by atoms with van der Waals surface area (Å²) in [5.41, 5.74) is 5.48. The van der Waals surface area contributed by atoms with Gasteiger partial charge in [0.1, 0.15) is 5.82 Å². The molecular weight excluding hydrogens is 479 g/mol. The number of nitrogens with zero attached hydrogens (tertiary/aromatic N) is 2. The van der Waals surface area contributed by atoms with E-state index >= 15 is 0 Å². The van der Waals surface area contributed by atoms with Gasteiger partial charge in [-0.25, -0.2) is 4.39 Å². The van der Waals surface area contributed by atoms with Crippen LogP contribution in [0.4, 0.5) is 10.1 Å². The van der Waals surface area contributed by atoms with Crippen molar-refractivity contribution < 1.29 is 14.0 Å². The number of amides is 2. The molecule has 2 amide bonds. The number of piperidine rings is 1. The van der Waals surface area contributed by atoms with E-state index < -0.39 is 0 Å². The fourth-order valence-electron chi connectivity index (χ4n) is 5.69. The molecular formula is C31H37FN4O2. The molecule has 38 heavy (non-hydrogen) atoms. The molecule has 2 aliphatic rings. The normalized spacial score (nSPS) is 15.8. The molecule has 3 aromatic rings. The van der Waals surface area contributed by atoms with E-state index in [1.807, 2.05) is 0 Å². The summed E-state index contributed by atoms with van der Waals surface area (Å²) in [7, 11) is 0. The Kier molecular flexibility index (Phi) is 8.51. The number of halogens is 1. The van der Waals surface area contributed by atoms with Crippen molar-refractivity contribution in [3.8, 4) is 0 Å². The Hall–Kier alpha value is -3.48. The molecule has 0 saturated carbocycles. The SMILES string of the molecule is O=C(NCCCCCNc1c2c(nc3ccccc13)CCCC2)C1CCN(C(=O)c2ccc(F)cc2)CC1. The van der Waals surface area contributed by atoms with Crippen molar-refractivity contribution >= 4 is 28.4 Å². The number of hydrogen-bond donors (Lipinski definition) is 2. The number of hydrogen-bond acceptors (Lipinski definition) is 4. The number of fused-ring (bicyclic) bond motifs is 2. The molecule has 1 saturated heterocycles. The molecule has 1 aromatic heterocycles. The zero-order valence-corrected chi connectivity index (χ0v) is 22.0. The number of para-hydroxylation sites is 1. The Labute approximate surface area is 224 Å². The van der Waals surface area contributed by atoms with Crippen molar-refractivity contribution in [2.45, 2.75) is 57.8 Å². The zero-order chi connectivity index (χ0) is 26.3. The van der Waals surface area contributed by atoms with Crippen molar-refractivity contribution in [3.63, 3.8) is 0 Å². The van der Waals surface area contributed by atoms with Gasteiger partial charge < -0.3 is 15.5 Å². The number of likely N-dealkylation sites (tertiary alicyclic amines) is 1. The van der Waals surface area contributed by atoms with Gasteiger partial charge in [0, 0.05) is 54.4 Å². The summed E-state index contributed by atoms with van der Waals surface area (Å²) in [5, 5.41) is 8.03. The van der Waals surface area contributed by atoms with Gasteiger partial charge in [-0.3, -0.25) is 14.6 Å². The number of pyridine rings is 1. The van der Waals surface area contributed by atoms with E-state index in [1.54, 1.807) is 4.90 Å². The van der Waals surface area contributed by atoms with Gasteiger partial charge in [-0.05, 0) is 93.7 Å². The first-order valence-corrected chi connectivity index (χ1v) is 14.1. The van der Waals surface area contributed by atoms with Crippen LogP contribution in [0.25, 0.3) is 10.9 Å². The molecule has 2 N–H and O–H groups in total. The van der Waals surface area contributed by atoms with Crippen molar-refractivity contribution in [2.75, 3.05) is 31.5 Å². The summed E-state index contributed by atoms with van der Waals surface area (Å²) >= 11 is 0. The Morgan fingerprint density at radius 3 is 2.47 bits per heavy atom. The van der Waals surface area contributed by atoms with Gasteiger partial charge in [-0.1, -0.05) is 18.2 Å². The van der Waals surface area contributed by atoms with E-state index in [0.717, 1.165) is 44.2 Å². The summed E-state index contributed by atoms with van der Waals surface area (Å²) in [4.78, 5) is 31.9. The second-order valence-corrected chi connectivity index (χ2v) is 10.5. The average molecular weight is 517 g/mol. The molecule has 6 nitrogen and oxygen atoms in total. The van der Waals surface area contributed by atoms with Crippen LogP contribution in [0, 0.1) is 11.7 Å². The first kappa shape index (κ1) is 26.1. The molecule has 1 aliphatic carbocycles. The summed E-state index contributed by atoms with van der Waals surface area (Å²) in [6.07, 6.45) is 8.97. The third-order valence-corrected chi connectivity index (χ3v) is 7.87. The van der Waals surface area contributed by atoms with Gasteiger partial charge in [-0.15, -0.1) is 0 Å². The van der Waals surface area contributed by atoms with Crippen LogP contribution in [0.1, 0.15) is 66.6 Å². The molecule has 2 aromatic carbocycles. The van der Waals surface area contributed by atoms with Crippen LogP contribution < -0.4 is 10.6 Å². The molecule has 0 radical (unpaired) electrons. The largest absolute Gasteiger partial charge is 0.384 e. The Morgan fingerprint density at radius 1 is 0.921 bits per heavy atom. The number of unbranched alkanes of at least 4 members (excludes halogenated alkanes) is 2. The maximum atomic E-state index is 13.1. The van der Waals surface area contributed by atoms with Crippen LogP contribution in [0.5, 0.6) is 0 Å². The first-order chi connectivity index (χ1) is 18.6. The quantitative estimate of drug-likeness (QED) is 0.368. The summed E-state index contributed by atoms with van der Waals surface area (Å²) in [6, 6.07) is 14.0. The second-order valence-electron chi connectivity index (χ2n) is 10.5. The van der Waals surface area contributed by atoms with Gasteiger partial charge >= 0.3 is 0 Å². The van der Waals surface area contributed by atoms with Crippen molar-refractivity contribution in [3.05, 3.63) is 71.2 Å². The number of aryl methyl sites for hydroxylation is 1. The third kappa shape index (κ3) is 6.14. The number of anilines is 1. The molecule has 2 heterocycles. The highest BCUT2D eigenvalue weighted by Crippen LogP contribution is 2.33. The number of aromatic nitrogens is 1. The first-order valence-electron chi connectivity index (χ1n) is 14.1. The highest BCUT2D eigenvalue weighted by atomic mass is 19.1. The maximum Gasteiger partial charge on any atom is 0.253 e. The lowest BCUT2D eigenvalue weighted by Crippen LogP contribution is -2.43. The lowest BCUT2D eigenvalue weighted by Gasteiger charge is -2.31. The van der Waals surface area contributed by atoms with E-state index in [9.17, 15) is 14.0 Å². The molecule has 0 spiro atoms. The zero-order valence-electron chi connectivity index (χ0n) is 22.0. The number of carbonyl (C=O) groups is 2. The molecule has 200 valence electrons. The van der Waals surface area contributed by atoms with Crippen LogP contribution >= 0.6 is 0 Å². The number of nitrogens with one attached hydrogen (secondary N) is 2. The molecule has 7 heteroatoms. The van der Waals surface area contributed by atoms with Crippen molar-refractivity contribution in [2.24, 2.45) is 5.92 Å². The predicted octanol–water partition coefficient (Wildman–Crippen LogP) is 5.50. The molecule has 1 aliphatic heterocycles. The van der Waals surface area contributed by atoms with Gasteiger partial charge in [-0.2, -0.15) is 0 Å². The second kappa shape index (κ2) is 12.4. The molecule has 5 rings (SSSR count). The van der Waals surface area contributed by atoms with Crippen LogP contribution in [0.15, 0.2) is 48.5 Å². The minimum atomic E-state index is -0.353. The van der Waals surface area contributed by atoms with Crippen LogP contribution in [-0.4, -0.2) is 47.9 Å². The molecule has 0 bridgehead atoms. The lowest BCUT2D eigenvalue weighted by molar-refractivity contribution is -0.126. The van der Waals surface area contributed by atoms with Gasteiger partial charge in [0.05, 0.1) is 5.52 Å². The van der Waals surface area contributed by atoms with Gasteiger partial charge in [0.15, 0.2) is 0 Å². The molecule has 0 atom stereocenters. The average Bonchev–Trinajstić information content (AvgIpc) is 2.96. The van der Waals surface area contributed by atoms with Crippen molar-refractivity contribution in [1.82, 2.24) is 15.2 Å². The number of rotatable bonds is 9. The van der Waals surface area contributed by atoms with Crippen molar-refractivity contribution in [1.29, 1.82) is 0 Å². The van der Waals surface area contributed by atoms with E-state index in [1.165, 1.54) is 59.4 Å². The molecule has 0 unspecified atom stereocenters. The molecule has 1 fully saturated rings. The predicted molar refractivity (Wildman–Crippen MR) is 149 cm³/mol. The lowest BCUT2D eigenvalue weighted by atomic mass is 9.92. The third-order valence-electron chi connectivity index (χ3n) is 7.87. The number of carbonyl (C=O) groups excluding carboxylic acids is 2. The van der Waals surface area contributed by atoms with E-state index in [2.05, 4.69) is 34.9 Å². The van der Waals surface area contributed by atoms with E-state index in [-0.39, 0.29) is 23.5 Å². The minimum Gasteiger partial charge on any atom is -0.384 e. The fourth-order valence-corrected chi connectivity index (χ4v) is 5.69. The fraction of sp³-hybridized carbons (Fsp3) is 0.452. The highest BCUT2D eigenvalue weighted by Gasteiger charge is 2.27. The van der Waals surface area contributed by atoms with Crippen LogP contribution in [-0.2, 0) is 17.6 Å². The van der Waals surface area contributed by atoms with Crippen LogP contribution in [0.3, 0.4) is 0 Å². The smallest absolute Gasteiger partial charge is 0.253 e. The maximum absolute atomic E-state index is 13.1. The summed E-state index contributed by atoms with van der Waals surface area (Å²) in [6.45, 7) is 2.69. The Bertz CT molecular complexity index is 1270. The minimum absolute atomic E-state index is 0.0555. The van der Waals surface area contributed by atoms with E-state index in [4.69, 9.17) is 4.98 Å². The van der Waals surface area contributed by atoms with Gasteiger partial charge in [0.25, 0.3) is 5.91 Å². The summed E-state index contributed by atoms with van der Waals surface area (Å²) in [5.74, 6) is -0.418. The van der Waals surface area contributed by atoms with Crippen LogP contribution in [0.2, 0.25) is 0 Å². The Morgan fingerprint density at radius 2 is 1.66 bits per heavy atom. The summed E-state index contributed by atoms with van der Waals surface area (Å²) < 4.78 is 13.1. The Balaban J connectivity index is 1.01. The number of benzene rings is 2. The van der Waals surface area contributed by atoms with Gasteiger partial charge in [0.2, 0.25) is 5.91 Å².